The predicted octanol–water partition coefficient (Wildman–Crippen LogP) is 15.4. The zero-order valence-corrected chi connectivity index (χ0v) is 48.0. The highest BCUT2D eigenvalue weighted by molar-refractivity contribution is 7.80. The van der Waals surface area contributed by atoms with Crippen LogP contribution in [-0.4, -0.2) is 97.5 Å². The summed E-state index contributed by atoms with van der Waals surface area (Å²) in [5.74, 6) is -0.400. The number of hydrogen-bond acceptors (Lipinski definition) is 11. The maximum Gasteiger partial charge on any atom is 0.397 e. The summed E-state index contributed by atoms with van der Waals surface area (Å²) < 4.78 is 59.5. The molecule has 4 N–H and O–H groups in total. The third-order valence-corrected chi connectivity index (χ3v) is 14.4. The smallest absolute Gasteiger partial charge is 0.397 e. The lowest BCUT2D eigenvalue weighted by Crippen LogP contribution is -2.60. The van der Waals surface area contributed by atoms with Gasteiger partial charge in [0.1, 0.15) is 30.5 Å². The monoisotopic (exact) mass is 1070 g/mol. The van der Waals surface area contributed by atoms with Crippen molar-refractivity contribution in [2.75, 3.05) is 26.4 Å². The van der Waals surface area contributed by atoms with E-state index in [1.54, 1.807) is 0 Å². The Bertz CT molecular complexity index is 1470. The van der Waals surface area contributed by atoms with Crippen molar-refractivity contribution in [1.82, 2.24) is 0 Å². The number of ether oxygens (including phenoxy) is 4. The van der Waals surface area contributed by atoms with Gasteiger partial charge in [-0.3, -0.25) is 9.35 Å². The van der Waals surface area contributed by atoms with Crippen molar-refractivity contribution in [2.45, 2.75) is 307 Å². The van der Waals surface area contributed by atoms with Crippen molar-refractivity contribution < 1.29 is 56.2 Å². The van der Waals surface area contributed by atoms with Gasteiger partial charge in [-0.15, -0.1) is 0 Å². The number of hydrogen-bond donors (Lipinski definition) is 4. The Kier molecular flexibility index (Phi) is 49.0. The number of rotatable bonds is 54. The zero-order chi connectivity index (χ0) is 53.8. The van der Waals surface area contributed by atoms with Gasteiger partial charge in [-0.1, -0.05) is 236 Å². The normalized spacial score (nSPS) is 19.0. The molecule has 0 radical (unpaired) electrons. The third kappa shape index (κ3) is 44.1. The molecule has 0 bridgehead atoms. The molecule has 12 nitrogen and oxygen atoms in total. The quantitative estimate of drug-likeness (QED) is 0.0196. The Morgan fingerprint density at radius 1 is 0.514 bits per heavy atom. The van der Waals surface area contributed by atoms with Crippen LogP contribution in [0.3, 0.4) is 0 Å². The second-order valence-corrected chi connectivity index (χ2v) is 22.0. The summed E-state index contributed by atoms with van der Waals surface area (Å²) in [4.78, 5) is 13.0. The van der Waals surface area contributed by atoms with Crippen LogP contribution >= 0.6 is 0 Å². The molecule has 13 heteroatoms. The average Bonchev–Trinajstić information content (AvgIpc) is 3.38. The summed E-state index contributed by atoms with van der Waals surface area (Å²) in [6.07, 6.45) is 57.2. The van der Waals surface area contributed by atoms with Crippen LogP contribution in [-0.2, 0) is 38.3 Å². The largest absolute Gasteiger partial charge is 0.457 e. The SMILES string of the molecule is CCCCCCC/C=C\C/C=C\C/C=C\CCCCCCCCCCCCC(=O)OC(COCCCCCCCCCCCC/C=C\CCCCCCCCCC)COC1OC(CO)C(O)C(OS(=O)(=O)O)C1O. The number of aliphatic hydroxyl groups excluding tert-OH is 3. The highest BCUT2D eigenvalue weighted by atomic mass is 32.3. The van der Waals surface area contributed by atoms with Gasteiger partial charge in [-0.25, -0.2) is 4.18 Å². The van der Waals surface area contributed by atoms with Crippen molar-refractivity contribution in [3.8, 4) is 0 Å². The van der Waals surface area contributed by atoms with E-state index < -0.39 is 59.8 Å². The van der Waals surface area contributed by atoms with Crippen molar-refractivity contribution in [1.29, 1.82) is 0 Å². The fourth-order valence-electron chi connectivity index (χ4n) is 9.32. The lowest BCUT2D eigenvalue weighted by molar-refractivity contribution is -0.301. The van der Waals surface area contributed by atoms with E-state index in [4.69, 9.17) is 18.9 Å². The standard InChI is InChI=1S/C61H112O12S/c1-3-5-7-9-11-13-15-17-19-21-23-25-27-28-29-30-32-34-36-38-40-42-44-46-48-50-57(63)71-55(54-70-61-59(65)60(73-74(66,67)68)58(64)56(52-62)72-61)53-69-51-49-47-45-43-41-39-37-35-33-31-26-24-22-20-18-16-14-12-10-8-6-4-2/h15,17,21-24,27-28,55-56,58-62,64-65H,3-14,16,18-20,25-26,29-54H2,1-2H3,(H,66,67,68)/b17-15-,23-21-,24-22-,28-27-. The van der Waals surface area contributed by atoms with E-state index in [2.05, 4.69) is 66.6 Å². The fourth-order valence-corrected chi connectivity index (χ4v) is 9.83. The van der Waals surface area contributed by atoms with Crippen LogP contribution in [0.15, 0.2) is 48.6 Å². The summed E-state index contributed by atoms with van der Waals surface area (Å²) in [5.41, 5.74) is 0. The van der Waals surface area contributed by atoms with Crippen molar-refractivity contribution in [2.24, 2.45) is 0 Å². The van der Waals surface area contributed by atoms with E-state index >= 15 is 0 Å². The Morgan fingerprint density at radius 2 is 0.892 bits per heavy atom. The van der Waals surface area contributed by atoms with E-state index in [1.165, 1.54) is 186 Å². The molecule has 0 aliphatic carbocycles. The fraction of sp³-hybridized carbons (Fsp3) is 0.852. The van der Waals surface area contributed by atoms with E-state index in [0.717, 1.165) is 57.8 Å². The Hall–Kier alpha value is -1.94. The van der Waals surface area contributed by atoms with Gasteiger partial charge < -0.3 is 34.3 Å². The molecule has 0 saturated carbocycles. The van der Waals surface area contributed by atoms with E-state index in [-0.39, 0.29) is 19.6 Å². The number of carbonyl (C=O) groups excluding carboxylic acids is 1. The lowest BCUT2D eigenvalue weighted by atomic mass is 9.99. The van der Waals surface area contributed by atoms with Crippen LogP contribution in [0.5, 0.6) is 0 Å². The molecule has 1 fully saturated rings. The van der Waals surface area contributed by atoms with Gasteiger partial charge in [0.25, 0.3) is 0 Å². The predicted molar refractivity (Wildman–Crippen MR) is 303 cm³/mol. The van der Waals surface area contributed by atoms with E-state index in [0.29, 0.717) is 13.0 Å². The number of aliphatic hydroxyl groups is 3. The number of allylic oxidation sites excluding steroid dienone is 8. The Balaban J connectivity index is 2.28. The first-order chi connectivity index (χ1) is 36.1. The van der Waals surface area contributed by atoms with E-state index in [1.807, 2.05) is 0 Å². The Morgan fingerprint density at radius 3 is 1.31 bits per heavy atom. The van der Waals surface area contributed by atoms with Gasteiger partial charge in [0.05, 0.1) is 19.8 Å². The first kappa shape index (κ1) is 70.1. The van der Waals surface area contributed by atoms with Crippen LogP contribution < -0.4 is 0 Å². The van der Waals surface area contributed by atoms with Gasteiger partial charge >= 0.3 is 16.4 Å². The molecule has 1 aliphatic rings. The van der Waals surface area contributed by atoms with Gasteiger partial charge in [0.15, 0.2) is 6.29 Å². The lowest BCUT2D eigenvalue weighted by Gasteiger charge is -2.41. The van der Waals surface area contributed by atoms with Crippen LogP contribution in [0.4, 0.5) is 0 Å². The molecule has 1 heterocycles. The Labute approximate surface area is 453 Å². The molecule has 6 unspecified atom stereocenters. The molecule has 434 valence electrons. The minimum atomic E-state index is -5.07. The van der Waals surface area contributed by atoms with Crippen LogP contribution in [0.2, 0.25) is 0 Å². The highest BCUT2D eigenvalue weighted by Gasteiger charge is 2.48. The van der Waals surface area contributed by atoms with E-state index in [9.17, 15) is 33.1 Å². The molecule has 0 aromatic rings. The van der Waals surface area contributed by atoms with Crippen molar-refractivity contribution in [3.63, 3.8) is 0 Å². The minimum absolute atomic E-state index is 0.0343. The van der Waals surface area contributed by atoms with Crippen molar-refractivity contribution in [3.05, 3.63) is 48.6 Å². The first-order valence-electron chi connectivity index (χ1n) is 30.4. The van der Waals surface area contributed by atoms with Gasteiger partial charge in [-0.2, -0.15) is 8.42 Å². The average molecular weight is 1070 g/mol. The summed E-state index contributed by atoms with van der Waals surface area (Å²) in [7, 11) is -5.07. The molecule has 1 saturated heterocycles. The van der Waals surface area contributed by atoms with Gasteiger partial charge in [0.2, 0.25) is 0 Å². The number of esters is 1. The minimum Gasteiger partial charge on any atom is -0.457 e. The molecular formula is C61H112O12S. The maximum absolute atomic E-state index is 13.0. The van der Waals surface area contributed by atoms with Crippen molar-refractivity contribution >= 4 is 16.4 Å². The van der Waals surface area contributed by atoms with Crippen LogP contribution in [0, 0.1) is 0 Å². The molecule has 6 atom stereocenters. The molecule has 1 aliphatic heterocycles. The van der Waals surface area contributed by atoms with Crippen LogP contribution in [0.1, 0.15) is 271 Å². The highest BCUT2D eigenvalue weighted by Crippen LogP contribution is 2.26. The molecule has 74 heavy (non-hydrogen) atoms. The molecule has 0 aromatic carbocycles. The second kappa shape index (κ2) is 51.8. The van der Waals surface area contributed by atoms with Gasteiger partial charge in [0, 0.05) is 13.0 Å². The second-order valence-electron chi connectivity index (χ2n) is 20.9. The first-order valence-corrected chi connectivity index (χ1v) is 31.8. The molecule has 0 amide bonds. The number of unbranched alkanes of at least 4 members (excludes halogenated alkanes) is 33. The molecule has 0 aromatic heterocycles. The summed E-state index contributed by atoms with van der Waals surface area (Å²) in [6, 6.07) is 0. The summed E-state index contributed by atoms with van der Waals surface area (Å²) in [5, 5.41) is 30.9. The molecular weight excluding hydrogens is 957 g/mol. The van der Waals surface area contributed by atoms with Crippen LogP contribution in [0.25, 0.3) is 0 Å². The maximum atomic E-state index is 13.0. The summed E-state index contributed by atoms with van der Waals surface area (Å²) >= 11 is 0. The number of carbonyl (C=O) groups is 1. The third-order valence-electron chi connectivity index (χ3n) is 13.9. The molecule has 1 rings (SSSR count). The van der Waals surface area contributed by atoms with Gasteiger partial charge in [-0.05, 0) is 77.0 Å². The summed E-state index contributed by atoms with van der Waals surface area (Å²) in [6.45, 7) is 4.02. The zero-order valence-electron chi connectivity index (χ0n) is 47.2. The topological polar surface area (TPSA) is 178 Å². The molecule has 0 spiro atoms.